The molecular formula is C31H41N7O2. The SMILES string of the molecule is CC[C@@H](c1nnnn1CCc1ccccc1)N(CCCN1CCOCC1)Cc1cc2cc(C)c(C)cc2[nH]c1=O. The van der Waals surface area contributed by atoms with Gasteiger partial charge in [-0.2, -0.15) is 0 Å². The van der Waals surface area contributed by atoms with E-state index in [1.165, 1.54) is 16.7 Å². The van der Waals surface area contributed by atoms with Crippen LogP contribution in [0.5, 0.6) is 0 Å². The average Bonchev–Trinajstić information content (AvgIpc) is 3.43. The predicted molar refractivity (Wildman–Crippen MR) is 157 cm³/mol. The number of hydrogen-bond acceptors (Lipinski definition) is 7. The third-order valence-electron chi connectivity index (χ3n) is 8.07. The topological polar surface area (TPSA) is 92.2 Å². The van der Waals surface area contributed by atoms with Gasteiger partial charge in [-0.05, 0) is 90.4 Å². The zero-order valence-corrected chi connectivity index (χ0v) is 24.0. The molecule has 1 fully saturated rings. The van der Waals surface area contributed by atoms with Crippen molar-refractivity contribution in [2.75, 3.05) is 39.4 Å². The van der Waals surface area contributed by atoms with Crippen molar-refractivity contribution in [1.29, 1.82) is 0 Å². The van der Waals surface area contributed by atoms with Crippen LogP contribution in [-0.4, -0.2) is 74.4 Å². The number of rotatable bonds is 12. The molecule has 1 aliphatic heterocycles. The Hall–Kier alpha value is -3.40. The largest absolute Gasteiger partial charge is 0.379 e. The molecule has 9 nitrogen and oxygen atoms in total. The van der Waals surface area contributed by atoms with Gasteiger partial charge in [-0.1, -0.05) is 37.3 Å². The highest BCUT2D eigenvalue weighted by Crippen LogP contribution is 2.25. The van der Waals surface area contributed by atoms with Crippen molar-refractivity contribution in [1.82, 2.24) is 35.0 Å². The van der Waals surface area contributed by atoms with Gasteiger partial charge >= 0.3 is 0 Å². The highest BCUT2D eigenvalue weighted by molar-refractivity contribution is 5.80. The minimum atomic E-state index is -0.0348. The van der Waals surface area contributed by atoms with Crippen LogP contribution in [0.2, 0.25) is 0 Å². The number of aryl methyl sites for hydroxylation is 4. The van der Waals surface area contributed by atoms with Crippen LogP contribution in [0.3, 0.4) is 0 Å². The number of fused-ring (bicyclic) bond motifs is 1. The van der Waals surface area contributed by atoms with Crippen molar-refractivity contribution in [2.45, 2.75) is 59.2 Å². The van der Waals surface area contributed by atoms with Crippen molar-refractivity contribution in [2.24, 2.45) is 0 Å². The first-order valence-corrected chi connectivity index (χ1v) is 14.5. The molecule has 1 saturated heterocycles. The first-order chi connectivity index (χ1) is 19.5. The monoisotopic (exact) mass is 543 g/mol. The maximum absolute atomic E-state index is 13.3. The van der Waals surface area contributed by atoms with Gasteiger partial charge in [0, 0.05) is 43.8 Å². The first kappa shape index (κ1) is 28.1. The molecular weight excluding hydrogens is 502 g/mol. The van der Waals surface area contributed by atoms with E-state index in [0.717, 1.165) is 80.9 Å². The van der Waals surface area contributed by atoms with E-state index < -0.39 is 0 Å². The Labute approximate surface area is 236 Å². The number of tetrazole rings is 1. The quantitative estimate of drug-likeness (QED) is 0.288. The van der Waals surface area contributed by atoms with Crippen LogP contribution in [0.1, 0.15) is 53.9 Å². The molecule has 0 aliphatic carbocycles. The molecule has 3 heterocycles. The summed E-state index contributed by atoms with van der Waals surface area (Å²) >= 11 is 0. The summed E-state index contributed by atoms with van der Waals surface area (Å²) in [5.41, 5.74) is 5.27. The van der Waals surface area contributed by atoms with Crippen LogP contribution in [-0.2, 0) is 24.2 Å². The minimum absolute atomic E-state index is 0.00897. The maximum atomic E-state index is 13.3. The lowest BCUT2D eigenvalue weighted by Crippen LogP contribution is -2.39. The number of aromatic nitrogens is 5. The van der Waals surface area contributed by atoms with E-state index in [2.05, 4.69) is 93.5 Å². The lowest BCUT2D eigenvalue weighted by atomic mass is 10.0. The fourth-order valence-corrected chi connectivity index (χ4v) is 5.62. The fourth-order valence-electron chi connectivity index (χ4n) is 5.62. The Morgan fingerprint density at radius 2 is 1.82 bits per heavy atom. The second-order valence-electron chi connectivity index (χ2n) is 10.8. The van der Waals surface area contributed by atoms with Gasteiger partial charge in [-0.3, -0.25) is 14.6 Å². The van der Waals surface area contributed by atoms with Crippen LogP contribution in [0.25, 0.3) is 10.9 Å². The minimum Gasteiger partial charge on any atom is -0.379 e. The number of ether oxygens (including phenoxy) is 1. The summed E-state index contributed by atoms with van der Waals surface area (Å²) in [6.45, 7) is 13.0. The number of hydrogen-bond donors (Lipinski definition) is 1. The van der Waals surface area contributed by atoms with E-state index in [1.54, 1.807) is 0 Å². The summed E-state index contributed by atoms with van der Waals surface area (Å²) in [7, 11) is 0. The van der Waals surface area contributed by atoms with Gasteiger partial charge in [-0.25, -0.2) is 4.68 Å². The summed E-state index contributed by atoms with van der Waals surface area (Å²) in [6.07, 6.45) is 2.69. The molecule has 0 radical (unpaired) electrons. The molecule has 0 spiro atoms. The van der Waals surface area contributed by atoms with Crippen molar-refractivity contribution in [3.8, 4) is 0 Å². The molecule has 0 saturated carbocycles. The number of morpholine rings is 1. The van der Waals surface area contributed by atoms with Crippen molar-refractivity contribution >= 4 is 10.9 Å². The number of benzene rings is 2. The predicted octanol–water partition coefficient (Wildman–Crippen LogP) is 4.05. The zero-order chi connectivity index (χ0) is 27.9. The number of aromatic amines is 1. The molecule has 40 heavy (non-hydrogen) atoms. The molecule has 1 N–H and O–H groups in total. The van der Waals surface area contributed by atoms with Gasteiger partial charge in [-0.15, -0.1) is 5.10 Å². The average molecular weight is 544 g/mol. The number of pyridine rings is 1. The maximum Gasteiger partial charge on any atom is 0.252 e. The summed E-state index contributed by atoms with van der Waals surface area (Å²) in [5.74, 6) is 0.855. The Morgan fingerprint density at radius 1 is 1.05 bits per heavy atom. The summed E-state index contributed by atoms with van der Waals surface area (Å²) in [4.78, 5) is 21.2. The standard InChI is InChI=1S/C31H41N7O2/c1-4-29(30-33-34-35-38(30)14-11-25-9-6-5-7-10-25)37(13-8-12-36-15-17-40-18-16-36)22-27-21-26-19-23(2)24(3)20-28(26)32-31(27)39/h5-7,9-10,19-21,29H,4,8,11-18,22H2,1-3H3,(H,32,39)/t29-/m0/s1. The van der Waals surface area contributed by atoms with E-state index in [-0.39, 0.29) is 11.6 Å². The smallest absolute Gasteiger partial charge is 0.252 e. The van der Waals surface area contributed by atoms with Crippen molar-refractivity contribution in [3.05, 3.63) is 87.0 Å². The Morgan fingerprint density at radius 3 is 2.60 bits per heavy atom. The summed E-state index contributed by atoms with van der Waals surface area (Å²) in [6, 6.07) is 16.7. The molecule has 0 unspecified atom stereocenters. The molecule has 0 amide bonds. The number of nitrogens with one attached hydrogen (secondary N) is 1. The fraction of sp³-hybridized carbons (Fsp3) is 0.484. The molecule has 5 rings (SSSR count). The Balaban J connectivity index is 1.40. The first-order valence-electron chi connectivity index (χ1n) is 14.5. The van der Waals surface area contributed by atoms with E-state index in [4.69, 9.17) is 4.74 Å². The molecule has 1 atom stereocenters. The van der Waals surface area contributed by atoms with Gasteiger partial charge in [0.15, 0.2) is 5.82 Å². The van der Waals surface area contributed by atoms with E-state index >= 15 is 0 Å². The van der Waals surface area contributed by atoms with Crippen molar-refractivity contribution < 1.29 is 4.74 Å². The van der Waals surface area contributed by atoms with Crippen LogP contribution < -0.4 is 5.56 Å². The lowest BCUT2D eigenvalue weighted by molar-refractivity contribution is 0.0349. The molecule has 9 heteroatoms. The molecule has 1 aliphatic rings. The second kappa shape index (κ2) is 13.3. The Kier molecular flexibility index (Phi) is 9.36. The molecule has 2 aromatic carbocycles. The van der Waals surface area contributed by atoms with E-state index in [1.807, 2.05) is 10.7 Å². The van der Waals surface area contributed by atoms with Gasteiger partial charge < -0.3 is 9.72 Å². The second-order valence-corrected chi connectivity index (χ2v) is 10.8. The third-order valence-corrected chi connectivity index (χ3v) is 8.07. The van der Waals surface area contributed by atoms with Gasteiger partial charge in [0.05, 0.1) is 19.3 Å². The Bertz CT molecular complexity index is 1440. The normalized spacial score (nSPS) is 15.2. The summed E-state index contributed by atoms with van der Waals surface area (Å²) < 4.78 is 7.47. The van der Waals surface area contributed by atoms with E-state index in [0.29, 0.717) is 13.1 Å². The number of H-pyrrole nitrogens is 1. The molecule has 4 aromatic rings. The molecule has 0 bridgehead atoms. The highest BCUT2D eigenvalue weighted by Gasteiger charge is 2.26. The number of nitrogens with zero attached hydrogens (tertiary/aromatic N) is 6. The van der Waals surface area contributed by atoms with Crippen LogP contribution in [0.4, 0.5) is 0 Å². The van der Waals surface area contributed by atoms with Gasteiger partial charge in [0.25, 0.3) is 5.56 Å². The zero-order valence-electron chi connectivity index (χ0n) is 24.0. The van der Waals surface area contributed by atoms with Crippen LogP contribution >= 0.6 is 0 Å². The van der Waals surface area contributed by atoms with Gasteiger partial charge in [0.1, 0.15) is 0 Å². The van der Waals surface area contributed by atoms with Crippen LogP contribution in [0, 0.1) is 13.8 Å². The van der Waals surface area contributed by atoms with Crippen LogP contribution in [0.15, 0.2) is 53.3 Å². The highest BCUT2D eigenvalue weighted by atomic mass is 16.5. The molecule has 212 valence electrons. The third kappa shape index (κ3) is 6.83. The molecule has 2 aromatic heterocycles. The van der Waals surface area contributed by atoms with E-state index in [9.17, 15) is 4.79 Å². The summed E-state index contributed by atoms with van der Waals surface area (Å²) in [5, 5.41) is 14.0. The lowest BCUT2D eigenvalue weighted by Gasteiger charge is -2.32. The van der Waals surface area contributed by atoms with Gasteiger partial charge in [0.2, 0.25) is 0 Å². The van der Waals surface area contributed by atoms with Crippen molar-refractivity contribution in [3.63, 3.8) is 0 Å².